The molecule has 1 aliphatic carbocycles. The Morgan fingerprint density at radius 1 is 1.39 bits per heavy atom. The number of hydrogen-bond acceptors (Lipinski definition) is 1. The second kappa shape index (κ2) is 4.86. The molecule has 1 saturated carbocycles. The van der Waals surface area contributed by atoms with Crippen molar-refractivity contribution >= 4 is 11.6 Å². The fourth-order valence-corrected chi connectivity index (χ4v) is 3.00. The summed E-state index contributed by atoms with van der Waals surface area (Å²) in [5.41, 5.74) is 1.89. The van der Waals surface area contributed by atoms with E-state index in [2.05, 4.69) is 51.2 Å². The van der Waals surface area contributed by atoms with Crippen molar-refractivity contribution < 1.29 is 0 Å². The molecule has 2 unspecified atom stereocenters. The first-order valence-corrected chi connectivity index (χ1v) is 7.26. The van der Waals surface area contributed by atoms with Crippen molar-refractivity contribution in [3.05, 3.63) is 34.9 Å². The molecule has 1 aromatic rings. The van der Waals surface area contributed by atoms with Gasteiger partial charge >= 0.3 is 0 Å². The third kappa shape index (κ3) is 2.89. The Bertz CT molecular complexity index is 421. The Labute approximate surface area is 116 Å². The van der Waals surface area contributed by atoms with Gasteiger partial charge in [0.15, 0.2) is 0 Å². The second-order valence-electron chi connectivity index (χ2n) is 6.58. The van der Waals surface area contributed by atoms with E-state index in [1.165, 1.54) is 18.4 Å². The summed E-state index contributed by atoms with van der Waals surface area (Å²) in [5, 5.41) is 4.52. The van der Waals surface area contributed by atoms with Crippen molar-refractivity contribution in [1.29, 1.82) is 0 Å². The van der Waals surface area contributed by atoms with E-state index in [0.29, 0.717) is 5.41 Å². The van der Waals surface area contributed by atoms with Crippen LogP contribution in [0.15, 0.2) is 24.3 Å². The predicted octanol–water partition coefficient (Wildman–Crippen LogP) is 4.40. The van der Waals surface area contributed by atoms with Gasteiger partial charge in [-0.25, -0.2) is 0 Å². The molecular weight excluding hydrogens is 242 g/mol. The molecule has 100 valence electrons. The first-order valence-electron chi connectivity index (χ1n) is 6.88. The van der Waals surface area contributed by atoms with E-state index in [1.807, 2.05) is 6.07 Å². The van der Waals surface area contributed by atoms with Crippen LogP contribution in [0.5, 0.6) is 0 Å². The number of nitrogens with one attached hydrogen (secondary N) is 1. The van der Waals surface area contributed by atoms with Crippen LogP contribution in [0.2, 0.25) is 5.02 Å². The van der Waals surface area contributed by atoms with Gasteiger partial charge in [0.05, 0.1) is 0 Å². The lowest BCUT2D eigenvalue weighted by molar-refractivity contribution is 0.388. The average Bonchev–Trinajstić information content (AvgIpc) is 3.01. The second-order valence-corrected chi connectivity index (χ2v) is 7.02. The Kier molecular flexibility index (Phi) is 3.75. The highest BCUT2D eigenvalue weighted by molar-refractivity contribution is 6.30. The maximum absolute atomic E-state index is 6.14. The summed E-state index contributed by atoms with van der Waals surface area (Å²) >= 11 is 6.14. The standard InChI is InChI=1S/C16H24ClN/c1-5-12-10-16(12,11-18-15(2,3)4)13-7-6-8-14(17)9-13/h6-9,12,18H,5,10-11H2,1-4H3. The van der Waals surface area contributed by atoms with Crippen molar-refractivity contribution in [3.63, 3.8) is 0 Å². The largest absolute Gasteiger partial charge is 0.311 e. The van der Waals surface area contributed by atoms with Gasteiger partial charge in [0, 0.05) is 22.5 Å². The van der Waals surface area contributed by atoms with Crippen LogP contribution in [0.1, 0.15) is 46.1 Å². The number of benzene rings is 1. The van der Waals surface area contributed by atoms with Gasteiger partial charge in [0.1, 0.15) is 0 Å². The zero-order valence-electron chi connectivity index (χ0n) is 11.9. The van der Waals surface area contributed by atoms with Crippen LogP contribution in [0, 0.1) is 5.92 Å². The molecule has 1 N–H and O–H groups in total. The van der Waals surface area contributed by atoms with Crippen LogP contribution < -0.4 is 5.32 Å². The predicted molar refractivity (Wildman–Crippen MR) is 79.3 cm³/mol. The highest BCUT2D eigenvalue weighted by Gasteiger charge is 2.53. The molecule has 2 atom stereocenters. The molecule has 1 nitrogen and oxygen atoms in total. The third-order valence-corrected chi connectivity index (χ3v) is 4.29. The summed E-state index contributed by atoms with van der Waals surface area (Å²) in [6.45, 7) is 10.0. The lowest BCUT2D eigenvalue weighted by atomic mass is 9.91. The van der Waals surface area contributed by atoms with Gasteiger partial charge in [-0.3, -0.25) is 0 Å². The molecule has 2 rings (SSSR count). The van der Waals surface area contributed by atoms with E-state index in [-0.39, 0.29) is 5.54 Å². The number of hydrogen-bond donors (Lipinski definition) is 1. The minimum absolute atomic E-state index is 0.173. The fraction of sp³-hybridized carbons (Fsp3) is 0.625. The van der Waals surface area contributed by atoms with E-state index in [0.717, 1.165) is 17.5 Å². The maximum atomic E-state index is 6.14. The van der Waals surface area contributed by atoms with Gasteiger partial charge in [-0.1, -0.05) is 37.1 Å². The van der Waals surface area contributed by atoms with E-state index in [4.69, 9.17) is 11.6 Å². The lowest BCUT2D eigenvalue weighted by Crippen LogP contribution is -2.41. The van der Waals surface area contributed by atoms with Gasteiger partial charge in [-0.2, -0.15) is 0 Å². The van der Waals surface area contributed by atoms with E-state index >= 15 is 0 Å². The Balaban J connectivity index is 2.18. The van der Waals surface area contributed by atoms with Crippen molar-refractivity contribution in [2.24, 2.45) is 5.92 Å². The normalized spacial score (nSPS) is 27.3. The molecular formula is C16H24ClN. The van der Waals surface area contributed by atoms with Crippen molar-refractivity contribution in [2.75, 3.05) is 6.54 Å². The van der Waals surface area contributed by atoms with Crippen LogP contribution in [-0.2, 0) is 5.41 Å². The minimum Gasteiger partial charge on any atom is -0.311 e. The molecule has 0 aliphatic heterocycles. The molecule has 0 radical (unpaired) electrons. The zero-order valence-corrected chi connectivity index (χ0v) is 12.6. The topological polar surface area (TPSA) is 12.0 Å². The third-order valence-electron chi connectivity index (χ3n) is 4.06. The van der Waals surface area contributed by atoms with Crippen LogP contribution in [-0.4, -0.2) is 12.1 Å². The first-order chi connectivity index (χ1) is 8.37. The molecule has 1 aromatic carbocycles. The zero-order chi connectivity index (χ0) is 13.4. The van der Waals surface area contributed by atoms with Gasteiger partial charge in [0.25, 0.3) is 0 Å². The fourth-order valence-electron chi connectivity index (χ4n) is 2.81. The van der Waals surface area contributed by atoms with Crippen LogP contribution in [0.3, 0.4) is 0 Å². The van der Waals surface area contributed by atoms with Crippen LogP contribution >= 0.6 is 11.6 Å². The Morgan fingerprint density at radius 3 is 2.61 bits per heavy atom. The number of halogens is 1. The summed E-state index contributed by atoms with van der Waals surface area (Å²) in [5.74, 6) is 0.797. The average molecular weight is 266 g/mol. The van der Waals surface area contributed by atoms with E-state index < -0.39 is 0 Å². The van der Waals surface area contributed by atoms with E-state index in [1.54, 1.807) is 0 Å². The molecule has 1 fully saturated rings. The van der Waals surface area contributed by atoms with Crippen LogP contribution in [0.25, 0.3) is 0 Å². The Morgan fingerprint density at radius 2 is 2.11 bits per heavy atom. The summed E-state index contributed by atoms with van der Waals surface area (Å²) in [6, 6.07) is 8.40. The summed E-state index contributed by atoms with van der Waals surface area (Å²) in [4.78, 5) is 0. The molecule has 2 heteroatoms. The maximum Gasteiger partial charge on any atom is 0.0408 e. The molecule has 0 aromatic heterocycles. The smallest absolute Gasteiger partial charge is 0.0408 e. The molecule has 0 amide bonds. The van der Waals surface area contributed by atoms with Gasteiger partial charge in [-0.15, -0.1) is 0 Å². The molecule has 1 aliphatic rings. The highest BCUT2D eigenvalue weighted by Crippen LogP contribution is 2.56. The molecule has 0 heterocycles. The van der Waals surface area contributed by atoms with Crippen molar-refractivity contribution in [2.45, 2.75) is 51.5 Å². The quantitative estimate of drug-likeness (QED) is 0.851. The SMILES string of the molecule is CCC1CC1(CNC(C)(C)C)c1cccc(Cl)c1. The monoisotopic (exact) mass is 265 g/mol. The summed E-state index contributed by atoms with van der Waals surface area (Å²) in [6.07, 6.45) is 2.53. The highest BCUT2D eigenvalue weighted by atomic mass is 35.5. The lowest BCUT2D eigenvalue weighted by Gasteiger charge is -2.26. The molecule has 0 bridgehead atoms. The van der Waals surface area contributed by atoms with Gasteiger partial charge in [-0.05, 0) is 50.8 Å². The summed E-state index contributed by atoms with van der Waals surface area (Å²) in [7, 11) is 0. The summed E-state index contributed by atoms with van der Waals surface area (Å²) < 4.78 is 0. The Hall–Kier alpha value is -0.530. The molecule has 0 saturated heterocycles. The molecule has 0 spiro atoms. The van der Waals surface area contributed by atoms with Crippen molar-refractivity contribution in [1.82, 2.24) is 5.32 Å². The van der Waals surface area contributed by atoms with Crippen molar-refractivity contribution in [3.8, 4) is 0 Å². The minimum atomic E-state index is 0.173. The first kappa shape index (κ1) is 13.9. The van der Waals surface area contributed by atoms with Gasteiger partial charge < -0.3 is 5.32 Å². The van der Waals surface area contributed by atoms with Crippen LogP contribution in [0.4, 0.5) is 0 Å². The van der Waals surface area contributed by atoms with E-state index in [9.17, 15) is 0 Å². The number of rotatable bonds is 4. The molecule has 18 heavy (non-hydrogen) atoms. The van der Waals surface area contributed by atoms with Gasteiger partial charge in [0.2, 0.25) is 0 Å².